The molecule has 128 valence electrons. The van der Waals surface area contributed by atoms with Crippen LogP contribution in [0, 0.1) is 13.8 Å². The summed E-state index contributed by atoms with van der Waals surface area (Å²) in [5.41, 5.74) is 9.26. The Morgan fingerprint density at radius 1 is 1.04 bits per heavy atom. The lowest BCUT2D eigenvalue weighted by Crippen LogP contribution is -2.45. The molecule has 0 radical (unpaired) electrons. The minimum absolute atomic E-state index is 0.350. The van der Waals surface area contributed by atoms with Crippen LogP contribution in [0.15, 0.2) is 30.3 Å². The fourth-order valence-corrected chi connectivity index (χ4v) is 2.64. The molecule has 3 amide bonds. The number of benzene rings is 1. The molecule has 0 aliphatic heterocycles. The zero-order valence-corrected chi connectivity index (χ0v) is 14.7. The van der Waals surface area contributed by atoms with Crippen LogP contribution in [0.3, 0.4) is 0 Å². The Morgan fingerprint density at radius 3 is 2.21 bits per heavy atom. The summed E-state index contributed by atoms with van der Waals surface area (Å²) >= 11 is 0. The summed E-state index contributed by atoms with van der Waals surface area (Å²) in [6, 6.07) is 9.66. The third kappa shape index (κ3) is 3.59. The first-order valence-corrected chi connectivity index (χ1v) is 7.92. The molecule has 0 fully saturated rings. The summed E-state index contributed by atoms with van der Waals surface area (Å²) in [6.45, 7) is 8.15. The van der Waals surface area contributed by atoms with E-state index >= 15 is 0 Å². The Labute approximate surface area is 142 Å². The zero-order chi connectivity index (χ0) is 17.9. The molecule has 0 spiro atoms. The van der Waals surface area contributed by atoms with Gasteiger partial charge < -0.3 is 9.88 Å². The van der Waals surface area contributed by atoms with Crippen LogP contribution in [0.2, 0.25) is 0 Å². The third-order valence-electron chi connectivity index (χ3n) is 4.01. The second kappa shape index (κ2) is 7.21. The molecule has 2 aromatic rings. The van der Waals surface area contributed by atoms with Gasteiger partial charge in [0.1, 0.15) is 0 Å². The lowest BCUT2D eigenvalue weighted by Gasteiger charge is -2.12. The molecule has 6 heteroatoms. The second-order valence-electron chi connectivity index (χ2n) is 6.02. The molecule has 3 N–H and O–H groups in total. The Balaban J connectivity index is 2.28. The molecule has 0 atom stereocenters. The van der Waals surface area contributed by atoms with E-state index in [0.29, 0.717) is 11.5 Å². The maximum Gasteiger partial charge on any atom is 0.333 e. The smallest absolute Gasteiger partial charge is 0.333 e. The average molecular weight is 328 g/mol. The van der Waals surface area contributed by atoms with Gasteiger partial charge in [0.2, 0.25) is 0 Å². The van der Waals surface area contributed by atoms with Crippen molar-refractivity contribution in [3.8, 4) is 5.69 Å². The van der Waals surface area contributed by atoms with E-state index in [-0.39, 0.29) is 5.91 Å². The number of carbonyl (C=O) groups is 2. The highest BCUT2D eigenvalue weighted by molar-refractivity contribution is 5.96. The molecule has 24 heavy (non-hydrogen) atoms. The van der Waals surface area contributed by atoms with Crippen molar-refractivity contribution in [2.24, 2.45) is 0 Å². The van der Waals surface area contributed by atoms with Crippen molar-refractivity contribution in [1.82, 2.24) is 20.7 Å². The van der Waals surface area contributed by atoms with E-state index < -0.39 is 6.03 Å². The first kappa shape index (κ1) is 17.6. The van der Waals surface area contributed by atoms with Gasteiger partial charge in [0.25, 0.3) is 5.91 Å². The summed E-state index contributed by atoms with van der Waals surface area (Å²) in [6.07, 6.45) is 0. The minimum Gasteiger partial charge on any atom is -0.340 e. The molecule has 0 saturated heterocycles. The molecular formula is C18H24N4O2. The molecule has 0 unspecified atom stereocenters. The maximum atomic E-state index is 12.3. The summed E-state index contributed by atoms with van der Waals surface area (Å²) in [5.74, 6) is 0.125. The third-order valence-corrected chi connectivity index (χ3v) is 4.01. The summed E-state index contributed by atoms with van der Waals surface area (Å²) < 4.78 is 2.03. The molecule has 0 aliphatic carbocycles. The van der Waals surface area contributed by atoms with E-state index in [1.54, 1.807) is 0 Å². The number of aryl methyl sites for hydroxylation is 1. The number of aromatic nitrogens is 1. The van der Waals surface area contributed by atoms with Crippen molar-refractivity contribution in [3.05, 3.63) is 52.8 Å². The number of nitrogens with one attached hydrogen (secondary N) is 3. The van der Waals surface area contributed by atoms with Crippen molar-refractivity contribution in [1.29, 1.82) is 0 Å². The summed E-state index contributed by atoms with van der Waals surface area (Å²) in [7, 11) is 1.48. The predicted molar refractivity (Wildman–Crippen MR) is 94.4 cm³/mol. The Morgan fingerprint density at radius 2 is 1.67 bits per heavy atom. The van der Waals surface area contributed by atoms with Gasteiger partial charge in [-0.25, -0.2) is 10.2 Å². The van der Waals surface area contributed by atoms with E-state index in [4.69, 9.17) is 0 Å². The van der Waals surface area contributed by atoms with E-state index in [1.165, 1.54) is 12.6 Å². The fourth-order valence-electron chi connectivity index (χ4n) is 2.64. The number of hydrazine groups is 1. The number of hydrogen-bond donors (Lipinski definition) is 3. The lowest BCUT2D eigenvalue weighted by molar-refractivity contribution is 0.0936. The largest absolute Gasteiger partial charge is 0.340 e. The van der Waals surface area contributed by atoms with Gasteiger partial charge >= 0.3 is 6.03 Å². The Bertz CT molecular complexity index is 745. The molecule has 6 nitrogen and oxygen atoms in total. The number of carbonyl (C=O) groups excluding carboxylic acids is 2. The monoisotopic (exact) mass is 328 g/mol. The number of amides is 3. The van der Waals surface area contributed by atoms with Crippen molar-refractivity contribution in [2.75, 3.05) is 7.05 Å². The van der Waals surface area contributed by atoms with E-state index in [0.717, 1.165) is 17.1 Å². The number of rotatable bonds is 3. The molecule has 1 aromatic heterocycles. The predicted octanol–water partition coefficient (Wildman–Crippen LogP) is 2.79. The second-order valence-corrected chi connectivity index (χ2v) is 6.02. The highest BCUT2D eigenvalue weighted by atomic mass is 16.2. The van der Waals surface area contributed by atoms with Gasteiger partial charge in [0.15, 0.2) is 0 Å². The van der Waals surface area contributed by atoms with Crippen LogP contribution >= 0.6 is 0 Å². The van der Waals surface area contributed by atoms with Crippen molar-refractivity contribution in [2.45, 2.75) is 33.6 Å². The standard InChI is InChI=1S/C18H24N4O2/c1-11(2)14-6-8-15(9-7-14)22-12(3)10-16(13(22)4)17(23)20-21-18(24)19-5/h6-11H,1-5H3,(H,20,23)(H2,19,21,24). The van der Waals surface area contributed by atoms with Crippen molar-refractivity contribution < 1.29 is 9.59 Å². The van der Waals surface area contributed by atoms with Crippen LogP contribution < -0.4 is 16.2 Å². The number of nitrogens with zero attached hydrogens (tertiary/aromatic N) is 1. The van der Waals surface area contributed by atoms with E-state index in [1.807, 2.05) is 24.5 Å². The topological polar surface area (TPSA) is 75.2 Å². The summed E-state index contributed by atoms with van der Waals surface area (Å²) in [5, 5.41) is 2.37. The Kier molecular flexibility index (Phi) is 5.28. The SMILES string of the molecule is CNC(=O)NNC(=O)c1cc(C)n(-c2ccc(C(C)C)cc2)c1C. The molecule has 2 rings (SSSR count). The van der Waals surface area contributed by atoms with Crippen LogP contribution in [-0.4, -0.2) is 23.6 Å². The van der Waals surface area contributed by atoms with Crippen LogP contribution in [0.1, 0.15) is 47.1 Å². The molecule has 1 aromatic carbocycles. The van der Waals surface area contributed by atoms with Gasteiger partial charge in [0.05, 0.1) is 5.56 Å². The fraction of sp³-hybridized carbons (Fsp3) is 0.333. The molecule has 1 heterocycles. The molecule has 0 bridgehead atoms. The number of hydrogen-bond acceptors (Lipinski definition) is 2. The number of urea groups is 1. The molecule has 0 aliphatic rings. The van der Waals surface area contributed by atoms with Gasteiger partial charge in [-0.05, 0) is 43.5 Å². The first-order chi connectivity index (χ1) is 11.3. The average Bonchev–Trinajstić information content (AvgIpc) is 2.87. The Hall–Kier alpha value is -2.76. The van der Waals surface area contributed by atoms with Crippen molar-refractivity contribution in [3.63, 3.8) is 0 Å². The van der Waals surface area contributed by atoms with Gasteiger partial charge in [-0.2, -0.15) is 0 Å². The highest BCUT2D eigenvalue weighted by Crippen LogP contribution is 2.23. The summed E-state index contributed by atoms with van der Waals surface area (Å²) in [4.78, 5) is 23.4. The van der Waals surface area contributed by atoms with Gasteiger partial charge in [-0.3, -0.25) is 10.2 Å². The van der Waals surface area contributed by atoms with Crippen LogP contribution in [0.5, 0.6) is 0 Å². The first-order valence-electron chi connectivity index (χ1n) is 7.92. The van der Waals surface area contributed by atoms with Gasteiger partial charge in [-0.1, -0.05) is 26.0 Å². The molecule has 0 saturated carbocycles. The van der Waals surface area contributed by atoms with E-state index in [2.05, 4.69) is 54.3 Å². The molecular weight excluding hydrogens is 304 g/mol. The normalized spacial score (nSPS) is 10.6. The van der Waals surface area contributed by atoms with Crippen molar-refractivity contribution >= 4 is 11.9 Å². The lowest BCUT2D eigenvalue weighted by atomic mass is 10.0. The quantitative estimate of drug-likeness (QED) is 0.758. The zero-order valence-electron chi connectivity index (χ0n) is 14.7. The van der Waals surface area contributed by atoms with Gasteiger partial charge in [0, 0.05) is 24.1 Å². The minimum atomic E-state index is -0.471. The van der Waals surface area contributed by atoms with Gasteiger partial charge in [-0.15, -0.1) is 0 Å². The highest BCUT2D eigenvalue weighted by Gasteiger charge is 2.17. The van der Waals surface area contributed by atoms with E-state index in [9.17, 15) is 9.59 Å². The van der Waals surface area contributed by atoms with Crippen LogP contribution in [0.25, 0.3) is 5.69 Å². The maximum absolute atomic E-state index is 12.3. The van der Waals surface area contributed by atoms with Crippen LogP contribution in [-0.2, 0) is 0 Å². The van der Waals surface area contributed by atoms with Crippen LogP contribution in [0.4, 0.5) is 4.79 Å².